The molecule has 0 heterocycles. The predicted molar refractivity (Wildman–Crippen MR) is 92.7 cm³/mol. The van der Waals surface area contributed by atoms with Crippen molar-refractivity contribution in [2.45, 2.75) is 30.6 Å². The zero-order chi connectivity index (χ0) is 18.1. The van der Waals surface area contributed by atoms with Crippen LogP contribution in [0, 0.1) is 20.8 Å². The molecule has 0 saturated carbocycles. The number of hydrogen-bond acceptors (Lipinski definition) is 4. The van der Waals surface area contributed by atoms with Gasteiger partial charge in [-0.05, 0) is 56.2 Å². The third-order valence-electron chi connectivity index (χ3n) is 3.31. The van der Waals surface area contributed by atoms with E-state index in [0.29, 0.717) is 16.1 Å². The van der Waals surface area contributed by atoms with Gasteiger partial charge in [-0.25, -0.2) is 16.8 Å². The molecule has 0 aliphatic carbocycles. The molecular formula is C15H17ClN2O4S2. The first kappa shape index (κ1) is 18.9. The first-order valence-corrected chi connectivity index (χ1v) is 10.2. The van der Waals surface area contributed by atoms with Gasteiger partial charge in [-0.15, -0.1) is 9.66 Å². The van der Waals surface area contributed by atoms with E-state index in [4.69, 9.17) is 11.6 Å². The van der Waals surface area contributed by atoms with Crippen molar-refractivity contribution in [3.8, 4) is 0 Å². The van der Waals surface area contributed by atoms with Crippen LogP contribution in [-0.4, -0.2) is 16.8 Å². The summed E-state index contributed by atoms with van der Waals surface area (Å²) >= 11 is 5.71. The highest BCUT2D eigenvalue weighted by Crippen LogP contribution is 2.21. The lowest BCUT2D eigenvalue weighted by atomic mass is 10.1. The van der Waals surface area contributed by atoms with Crippen molar-refractivity contribution in [1.29, 1.82) is 0 Å². The Kier molecular flexibility index (Phi) is 5.36. The van der Waals surface area contributed by atoms with Crippen molar-refractivity contribution in [3.63, 3.8) is 0 Å². The van der Waals surface area contributed by atoms with Crippen molar-refractivity contribution < 1.29 is 16.8 Å². The van der Waals surface area contributed by atoms with E-state index in [9.17, 15) is 16.8 Å². The zero-order valence-electron chi connectivity index (χ0n) is 13.3. The van der Waals surface area contributed by atoms with Crippen LogP contribution >= 0.6 is 11.6 Å². The third-order valence-corrected chi connectivity index (χ3v) is 6.50. The number of aryl methyl sites for hydroxylation is 3. The molecular weight excluding hydrogens is 372 g/mol. The van der Waals surface area contributed by atoms with Gasteiger partial charge in [0.15, 0.2) is 0 Å². The third kappa shape index (κ3) is 4.14. The minimum atomic E-state index is -4.05. The average molecular weight is 389 g/mol. The Morgan fingerprint density at radius 3 is 1.75 bits per heavy atom. The van der Waals surface area contributed by atoms with Crippen LogP contribution in [0.25, 0.3) is 0 Å². The summed E-state index contributed by atoms with van der Waals surface area (Å²) in [7, 11) is -8.11. The molecule has 2 rings (SSSR count). The number of sulfonamides is 2. The summed E-state index contributed by atoms with van der Waals surface area (Å²) in [5, 5.41) is 0.375. The summed E-state index contributed by atoms with van der Waals surface area (Å²) in [5.41, 5.74) is 1.99. The molecule has 0 atom stereocenters. The van der Waals surface area contributed by atoms with Gasteiger partial charge in [0.1, 0.15) is 0 Å². The molecule has 0 bridgehead atoms. The van der Waals surface area contributed by atoms with E-state index in [2.05, 4.69) is 0 Å². The van der Waals surface area contributed by atoms with E-state index in [1.807, 2.05) is 16.6 Å². The van der Waals surface area contributed by atoms with Gasteiger partial charge in [-0.2, -0.15) is 0 Å². The summed E-state index contributed by atoms with van der Waals surface area (Å²) < 4.78 is 49.2. The summed E-state index contributed by atoms with van der Waals surface area (Å²) in [6.07, 6.45) is 0. The Morgan fingerprint density at radius 1 is 0.792 bits per heavy atom. The van der Waals surface area contributed by atoms with Crippen molar-refractivity contribution >= 4 is 31.6 Å². The second-order valence-electron chi connectivity index (χ2n) is 5.39. The van der Waals surface area contributed by atoms with Crippen molar-refractivity contribution in [2.24, 2.45) is 0 Å². The van der Waals surface area contributed by atoms with Gasteiger partial charge in [0.25, 0.3) is 20.0 Å². The van der Waals surface area contributed by atoms with E-state index >= 15 is 0 Å². The minimum absolute atomic E-state index is 0.0481. The molecule has 0 saturated heterocycles. The normalized spacial score (nSPS) is 12.3. The predicted octanol–water partition coefficient (Wildman–Crippen LogP) is 2.44. The van der Waals surface area contributed by atoms with E-state index in [1.165, 1.54) is 24.3 Å². The highest BCUT2D eigenvalue weighted by molar-refractivity contribution is 7.92. The zero-order valence-corrected chi connectivity index (χ0v) is 15.7. The van der Waals surface area contributed by atoms with Crippen LogP contribution in [-0.2, 0) is 20.0 Å². The number of hydrogen-bond donors (Lipinski definition) is 2. The second-order valence-corrected chi connectivity index (χ2v) is 9.13. The van der Waals surface area contributed by atoms with Crippen LogP contribution in [0.2, 0.25) is 5.02 Å². The van der Waals surface area contributed by atoms with E-state index in [-0.39, 0.29) is 9.79 Å². The topological polar surface area (TPSA) is 92.3 Å². The maximum atomic E-state index is 12.5. The van der Waals surface area contributed by atoms with Crippen molar-refractivity contribution in [3.05, 3.63) is 58.1 Å². The van der Waals surface area contributed by atoms with Crippen LogP contribution in [0.15, 0.2) is 46.2 Å². The molecule has 2 aromatic carbocycles. The summed E-state index contributed by atoms with van der Waals surface area (Å²) in [6.45, 7) is 5.16. The maximum absolute atomic E-state index is 12.5. The minimum Gasteiger partial charge on any atom is -0.206 e. The molecule has 0 aromatic heterocycles. The Bertz CT molecular complexity index is 946. The fourth-order valence-electron chi connectivity index (χ4n) is 2.42. The van der Waals surface area contributed by atoms with Gasteiger partial charge in [0.2, 0.25) is 0 Å². The Hall–Kier alpha value is -1.45. The number of rotatable bonds is 5. The lowest BCUT2D eigenvalue weighted by Gasteiger charge is -2.14. The van der Waals surface area contributed by atoms with Crippen LogP contribution in [0.1, 0.15) is 16.7 Å². The summed E-state index contributed by atoms with van der Waals surface area (Å²) in [4.78, 5) is 3.77. The SMILES string of the molecule is Cc1cc(C)c(S(=O)(=O)NNS(=O)(=O)c2ccc(Cl)cc2)c(C)c1. The van der Waals surface area contributed by atoms with Crippen LogP contribution < -0.4 is 9.66 Å². The summed E-state index contributed by atoms with van der Waals surface area (Å²) in [6, 6.07) is 8.80. The fourth-order valence-corrected chi connectivity index (χ4v) is 5.11. The number of halogens is 1. The highest BCUT2D eigenvalue weighted by atomic mass is 35.5. The molecule has 6 nitrogen and oxygen atoms in total. The number of nitrogens with one attached hydrogen (secondary N) is 2. The molecule has 0 unspecified atom stereocenters. The molecule has 0 fully saturated rings. The molecule has 2 aromatic rings. The van der Waals surface area contributed by atoms with Gasteiger partial charge in [-0.1, -0.05) is 29.3 Å². The Balaban J connectivity index is 2.29. The second kappa shape index (κ2) is 6.81. The fraction of sp³-hybridized carbons (Fsp3) is 0.200. The van der Waals surface area contributed by atoms with Gasteiger partial charge in [0.05, 0.1) is 9.79 Å². The highest BCUT2D eigenvalue weighted by Gasteiger charge is 2.23. The van der Waals surface area contributed by atoms with Gasteiger partial charge >= 0.3 is 0 Å². The number of hydrazine groups is 1. The standard InChI is InChI=1S/C15H17ClN2O4S2/c1-10-8-11(2)15(12(3)9-10)24(21,22)18-17-23(19,20)14-6-4-13(16)5-7-14/h4-9,17-18H,1-3H3. The molecule has 0 aliphatic heterocycles. The first-order valence-electron chi connectivity index (χ1n) is 6.90. The molecule has 0 aliphatic rings. The van der Waals surface area contributed by atoms with E-state index in [0.717, 1.165) is 5.56 Å². The molecule has 9 heteroatoms. The molecule has 24 heavy (non-hydrogen) atoms. The summed E-state index contributed by atoms with van der Waals surface area (Å²) in [5.74, 6) is 0. The van der Waals surface area contributed by atoms with Gasteiger partial charge < -0.3 is 0 Å². The van der Waals surface area contributed by atoms with E-state index < -0.39 is 20.0 Å². The lowest BCUT2D eigenvalue weighted by molar-refractivity contribution is 0.557. The van der Waals surface area contributed by atoms with Crippen molar-refractivity contribution in [1.82, 2.24) is 9.66 Å². The van der Waals surface area contributed by atoms with E-state index in [1.54, 1.807) is 26.0 Å². The first-order chi connectivity index (χ1) is 11.0. The molecule has 130 valence electrons. The van der Waals surface area contributed by atoms with Crippen molar-refractivity contribution in [2.75, 3.05) is 0 Å². The quantitative estimate of drug-likeness (QED) is 0.769. The largest absolute Gasteiger partial charge is 0.254 e. The smallest absolute Gasteiger partial charge is 0.206 e. The average Bonchev–Trinajstić information content (AvgIpc) is 2.44. The Labute approximate surface area is 146 Å². The van der Waals surface area contributed by atoms with Crippen LogP contribution in [0.3, 0.4) is 0 Å². The van der Waals surface area contributed by atoms with Gasteiger partial charge in [0, 0.05) is 5.02 Å². The monoisotopic (exact) mass is 388 g/mol. The molecule has 0 spiro atoms. The van der Waals surface area contributed by atoms with Gasteiger partial charge in [-0.3, -0.25) is 0 Å². The maximum Gasteiger partial charge on any atom is 0.254 e. The molecule has 0 radical (unpaired) electrons. The molecule has 0 amide bonds. The van der Waals surface area contributed by atoms with Crippen LogP contribution in [0.5, 0.6) is 0 Å². The Morgan fingerprint density at radius 2 is 1.25 bits per heavy atom. The van der Waals surface area contributed by atoms with Crippen LogP contribution in [0.4, 0.5) is 0 Å². The number of benzene rings is 2. The molecule has 2 N–H and O–H groups in total. The lowest BCUT2D eigenvalue weighted by Crippen LogP contribution is -2.41.